The number of methoxy groups -OCH3 is 1. The van der Waals surface area contributed by atoms with Gasteiger partial charge in [0.05, 0.1) is 19.5 Å². The zero-order chi connectivity index (χ0) is 13.9. The van der Waals surface area contributed by atoms with Gasteiger partial charge in [-0.15, -0.1) is 0 Å². The minimum absolute atomic E-state index is 0.327. The SMILES string of the molecule is COc1cnc(N2CCC(N3CCCC3=O)CC2)cn1. The monoisotopic (exact) mass is 276 g/mol. The summed E-state index contributed by atoms with van der Waals surface area (Å²) in [5.41, 5.74) is 0. The summed E-state index contributed by atoms with van der Waals surface area (Å²) in [5.74, 6) is 1.75. The van der Waals surface area contributed by atoms with Gasteiger partial charge in [-0.25, -0.2) is 9.97 Å². The van der Waals surface area contributed by atoms with E-state index in [1.54, 1.807) is 19.5 Å². The van der Waals surface area contributed by atoms with Crippen LogP contribution in [0.25, 0.3) is 0 Å². The second kappa shape index (κ2) is 5.64. The lowest BCUT2D eigenvalue weighted by molar-refractivity contribution is -0.130. The van der Waals surface area contributed by atoms with E-state index in [1.807, 2.05) is 0 Å². The van der Waals surface area contributed by atoms with E-state index in [0.717, 1.165) is 51.1 Å². The predicted octanol–water partition coefficient (Wildman–Crippen LogP) is 1.08. The molecule has 0 aromatic carbocycles. The molecule has 0 bridgehead atoms. The van der Waals surface area contributed by atoms with Crippen LogP contribution in [0.15, 0.2) is 12.4 Å². The number of piperidine rings is 1. The van der Waals surface area contributed by atoms with Crippen molar-refractivity contribution in [2.24, 2.45) is 0 Å². The van der Waals surface area contributed by atoms with Gasteiger partial charge in [0.2, 0.25) is 11.8 Å². The molecule has 0 saturated carbocycles. The third-order valence-corrected chi connectivity index (χ3v) is 4.16. The van der Waals surface area contributed by atoms with Crippen molar-refractivity contribution >= 4 is 11.7 Å². The van der Waals surface area contributed by atoms with E-state index in [4.69, 9.17) is 4.74 Å². The number of ether oxygens (including phenoxy) is 1. The van der Waals surface area contributed by atoms with E-state index in [1.165, 1.54) is 0 Å². The van der Waals surface area contributed by atoms with Crippen molar-refractivity contribution in [2.75, 3.05) is 31.6 Å². The van der Waals surface area contributed by atoms with Crippen LogP contribution in [0.5, 0.6) is 5.88 Å². The molecule has 0 atom stereocenters. The maximum atomic E-state index is 11.8. The van der Waals surface area contributed by atoms with E-state index in [9.17, 15) is 4.79 Å². The second-order valence-electron chi connectivity index (χ2n) is 5.33. The first-order valence-corrected chi connectivity index (χ1v) is 7.18. The Balaban J connectivity index is 1.58. The molecule has 0 spiro atoms. The van der Waals surface area contributed by atoms with Crippen molar-refractivity contribution in [3.05, 3.63) is 12.4 Å². The molecule has 0 unspecified atom stereocenters. The minimum Gasteiger partial charge on any atom is -0.480 e. The number of amides is 1. The summed E-state index contributed by atoms with van der Waals surface area (Å²) in [6.07, 6.45) is 7.16. The van der Waals surface area contributed by atoms with Crippen LogP contribution >= 0.6 is 0 Å². The summed E-state index contributed by atoms with van der Waals surface area (Å²) in [6, 6.07) is 0.410. The molecule has 3 rings (SSSR count). The molecule has 0 aliphatic carbocycles. The van der Waals surface area contributed by atoms with Gasteiger partial charge in [-0.2, -0.15) is 0 Å². The Morgan fingerprint density at radius 1 is 1.20 bits per heavy atom. The smallest absolute Gasteiger partial charge is 0.232 e. The lowest BCUT2D eigenvalue weighted by Gasteiger charge is -2.37. The highest BCUT2D eigenvalue weighted by Crippen LogP contribution is 2.24. The molecule has 0 radical (unpaired) electrons. The molecular weight excluding hydrogens is 256 g/mol. The first-order valence-electron chi connectivity index (χ1n) is 7.18. The molecule has 2 aliphatic rings. The zero-order valence-electron chi connectivity index (χ0n) is 11.8. The van der Waals surface area contributed by atoms with Crippen LogP contribution in [0.4, 0.5) is 5.82 Å². The first kappa shape index (κ1) is 13.1. The predicted molar refractivity (Wildman–Crippen MR) is 74.8 cm³/mol. The quantitative estimate of drug-likeness (QED) is 0.826. The number of rotatable bonds is 3. The number of carbonyl (C=O) groups is 1. The third kappa shape index (κ3) is 2.55. The molecular formula is C14H20N4O2. The van der Waals surface area contributed by atoms with Gasteiger partial charge >= 0.3 is 0 Å². The van der Waals surface area contributed by atoms with Crippen molar-refractivity contribution in [3.8, 4) is 5.88 Å². The molecule has 1 aromatic heterocycles. The Bertz CT molecular complexity index is 469. The first-order chi connectivity index (χ1) is 9.78. The van der Waals surface area contributed by atoms with Gasteiger partial charge in [-0.1, -0.05) is 0 Å². The molecule has 1 aromatic rings. The number of aromatic nitrogens is 2. The van der Waals surface area contributed by atoms with E-state index >= 15 is 0 Å². The molecule has 2 saturated heterocycles. The lowest BCUT2D eigenvalue weighted by atomic mass is 10.0. The standard InChI is InChI=1S/C14H20N4O2/c1-20-13-10-15-12(9-16-13)17-7-4-11(5-8-17)18-6-2-3-14(18)19/h9-11H,2-8H2,1H3. The Kier molecular flexibility index (Phi) is 3.71. The molecule has 20 heavy (non-hydrogen) atoms. The van der Waals surface area contributed by atoms with Gasteiger partial charge in [0.1, 0.15) is 5.82 Å². The fraction of sp³-hybridized carbons (Fsp3) is 0.643. The summed E-state index contributed by atoms with van der Waals surface area (Å²) < 4.78 is 5.02. The van der Waals surface area contributed by atoms with Crippen LogP contribution in [0.2, 0.25) is 0 Å². The number of hydrogen-bond donors (Lipinski definition) is 0. The third-order valence-electron chi connectivity index (χ3n) is 4.16. The summed E-state index contributed by atoms with van der Waals surface area (Å²) in [6.45, 7) is 2.79. The molecule has 6 heteroatoms. The number of carbonyl (C=O) groups excluding carboxylic acids is 1. The van der Waals surface area contributed by atoms with E-state index in [2.05, 4.69) is 19.8 Å². The number of likely N-dealkylation sites (tertiary alicyclic amines) is 1. The maximum Gasteiger partial charge on any atom is 0.232 e. The number of nitrogens with zero attached hydrogens (tertiary/aromatic N) is 4. The molecule has 2 fully saturated rings. The van der Waals surface area contributed by atoms with Crippen LogP contribution in [0.3, 0.4) is 0 Å². The highest BCUT2D eigenvalue weighted by molar-refractivity contribution is 5.78. The van der Waals surface area contributed by atoms with Crippen molar-refractivity contribution in [2.45, 2.75) is 31.7 Å². The fourth-order valence-corrected chi connectivity index (χ4v) is 3.04. The highest BCUT2D eigenvalue weighted by Gasteiger charge is 2.30. The summed E-state index contributed by atoms with van der Waals surface area (Å²) >= 11 is 0. The molecule has 6 nitrogen and oxygen atoms in total. The van der Waals surface area contributed by atoms with Gasteiger partial charge in [0.25, 0.3) is 0 Å². The zero-order valence-corrected chi connectivity index (χ0v) is 11.8. The fourth-order valence-electron chi connectivity index (χ4n) is 3.04. The van der Waals surface area contributed by atoms with E-state index in [0.29, 0.717) is 17.8 Å². The van der Waals surface area contributed by atoms with E-state index in [-0.39, 0.29) is 0 Å². The normalized spacial score (nSPS) is 20.6. The van der Waals surface area contributed by atoms with Gasteiger partial charge in [-0.05, 0) is 19.3 Å². The molecule has 0 N–H and O–H groups in total. The van der Waals surface area contributed by atoms with Crippen molar-refractivity contribution < 1.29 is 9.53 Å². The van der Waals surface area contributed by atoms with Crippen LogP contribution in [-0.4, -0.2) is 53.6 Å². The van der Waals surface area contributed by atoms with Gasteiger partial charge in [0, 0.05) is 32.1 Å². The van der Waals surface area contributed by atoms with Crippen molar-refractivity contribution in [1.82, 2.24) is 14.9 Å². The van der Waals surface area contributed by atoms with Crippen LogP contribution in [-0.2, 0) is 4.79 Å². The Labute approximate surface area is 118 Å². The summed E-state index contributed by atoms with van der Waals surface area (Å²) in [4.78, 5) is 24.6. The molecule has 108 valence electrons. The maximum absolute atomic E-state index is 11.8. The number of anilines is 1. The average Bonchev–Trinajstić information content (AvgIpc) is 2.94. The van der Waals surface area contributed by atoms with E-state index < -0.39 is 0 Å². The van der Waals surface area contributed by atoms with Gasteiger partial charge in [0.15, 0.2) is 0 Å². The van der Waals surface area contributed by atoms with Crippen LogP contribution < -0.4 is 9.64 Å². The summed E-state index contributed by atoms with van der Waals surface area (Å²) in [5, 5.41) is 0. The number of hydrogen-bond acceptors (Lipinski definition) is 5. The molecule has 2 aliphatic heterocycles. The largest absolute Gasteiger partial charge is 0.480 e. The Hall–Kier alpha value is -1.85. The Morgan fingerprint density at radius 3 is 2.55 bits per heavy atom. The van der Waals surface area contributed by atoms with Crippen LogP contribution in [0, 0.1) is 0 Å². The topological polar surface area (TPSA) is 58.6 Å². The lowest BCUT2D eigenvalue weighted by Crippen LogP contribution is -2.45. The van der Waals surface area contributed by atoms with Crippen molar-refractivity contribution in [3.63, 3.8) is 0 Å². The Morgan fingerprint density at radius 2 is 2.00 bits per heavy atom. The highest BCUT2D eigenvalue weighted by atomic mass is 16.5. The molecule has 3 heterocycles. The van der Waals surface area contributed by atoms with Crippen molar-refractivity contribution in [1.29, 1.82) is 0 Å². The average molecular weight is 276 g/mol. The summed E-state index contributed by atoms with van der Waals surface area (Å²) in [7, 11) is 1.59. The molecule has 1 amide bonds. The minimum atomic E-state index is 0.327. The van der Waals surface area contributed by atoms with Gasteiger partial charge < -0.3 is 14.5 Å². The van der Waals surface area contributed by atoms with Crippen LogP contribution in [0.1, 0.15) is 25.7 Å². The second-order valence-corrected chi connectivity index (χ2v) is 5.33. The van der Waals surface area contributed by atoms with Gasteiger partial charge in [-0.3, -0.25) is 4.79 Å².